The van der Waals surface area contributed by atoms with Crippen molar-refractivity contribution in [2.45, 2.75) is 6.54 Å². The second kappa shape index (κ2) is 5.06. The first-order chi connectivity index (χ1) is 8.69. The van der Waals surface area contributed by atoms with Gasteiger partial charge in [0, 0.05) is 12.7 Å². The number of hydrogen-bond donors (Lipinski definition) is 3. The Morgan fingerprint density at radius 3 is 2.78 bits per heavy atom. The number of phenolic OH excluding ortho intramolecular Hbond substituents is 1. The van der Waals surface area contributed by atoms with Gasteiger partial charge in [-0.3, -0.25) is 0 Å². The predicted octanol–water partition coefficient (Wildman–Crippen LogP) is 1.85. The monoisotopic (exact) mass is 240 g/mol. The summed E-state index contributed by atoms with van der Waals surface area (Å²) in [4.78, 5) is 4.08. The van der Waals surface area contributed by atoms with Gasteiger partial charge in [0.25, 0.3) is 0 Å². The molecule has 1 heterocycles. The molecule has 0 aliphatic heterocycles. The summed E-state index contributed by atoms with van der Waals surface area (Å²) in [6.07, 6.45) is 1.50. The van der Waals surface area contributed by atoms with Crippen molar-refractivity contribution in [3.63, 3.8) is 0 Å². The molecule has 0 radical (unpaired) electrons. The normalized spacial score (nSPS) is 9.72. The molecule has 5 nitrogen and oxygen atoms in total. The molecule has 0 spiro atoms. The predicted molar refractivity (Wildman–Crippen MR) is 68.8 cm³/mol. The lowest BCUT2D eigenvalue weighted by molar-refractivity contribution is 0.477. The Labute approximate surface area is 105 Å². The number of phenols is 1. The maximum absolute atomic E-state index is 9.46. The van der Waals surface area contributed by atoms with Gasteiger partial charge in [-0.1, -0.05) is 6.07 Å². The smallest absolute Gasteiger partial charge is 0.138 e. The van der Waals surface area contributed by atoms with E-state index in [-0.39, 0.29) is 5.75 Å². The van der Waals surface area contributed by atoms with Gasteiger partial charge in [-0.05, 0) is 29.8 Å². The molecule has 0 aliphatic carbocycles. The molecular weight excluding hydrogens is 228 g/mol. The number of nitrogens with two attached hydrogens (primary N) is 1. The average molecular weight is 240 g/mol. The van der Waals surface area contributed by atoms with Crippen molar-refractivity contribution in [3.8, 4) is 11.8 Å². The highest BCUT2D eigenvalue weighted by atomic mass is 16.3. The van der Waals surface area contributed by atoms with E-state index in [4.69, 9.17) is 11.0 Å². The lowest BCUT2D eigenvalue weighted by Gasteiger charge is -2.07. The zero-order chi connectivity index (χ0) is 13.0. The van der Waals surface area contributed by atoms with Crippen LogP contribution < -0.4 is 11.1 Å². The van der Waals surface area contributed by atoms with Gasteiger partial charge in [0.05, 0.1) is 11.3 Å². The zero-order valence-corrected chi connectivity index (χ0v) is 9.59. The first kappa shape index (κ1) is 11.7. The summed E-state index contributed by atoms with van der Waals surface area (Å²) in [6.45, 7) is 0.521. The van der Waals surface area contributed by atoms with Gasteiger partial charge >= 0.3 is 0 Å². The lowest BCUT2D eigenvalue weighted by Crippen LogP contribution is -2.01. The van der Waals surface area contributed by atoms with Crippen molar-refractivity contribution in [3.05, 3.63) is 47.7 Å². The van der Waals surface area contributed by atoms with Crippen molar-refractivity contribution < 1.29 is 5.11 Å². The fourth-order valence-electron chi connectivity index (χ4n) is 1.46. The number of nitrogen functional groups attached to an aromatic ring is 1. The quantitative estimate of drug-likeness (QED) is 0.562. The van der Waals surface area contributed by atoms with E-state index in [0.29, 0.717) is 23.6 Å². The standard InChI is InChI=1S/C13H12N4O/c14-6-10-2-4-13(17-8-10)16-7-9-1-3-11(15)12(18)5-9/h1-5,8,18H,7,15H2,(H,16,17). The van der Waals surface area contributed by atoms with Gasteiger partial charge in [0.1, 0.15) is 17.6 Å². The summed E-state index contributed by atoms with van der Waals surface area (Å²) in [7, 11) is 0. The Bertz CT molecular complexity index is 587. The van der Waals surface area contributed by atoms with Crippen LogP contribution in [0.2, 0.25) is 0 Å². The number of rotatable bonds is 3. The lowest BCUT2D eigenvalue weighted by atomic mass is 10.2. The number of nitrogens with one attached hydrogen (secondary N) is 1. The number of pyridine rings is 1. The van der Waals surface area contributed by atoms with Gasteiger partial charge in [0.15, 0.2) is 0 Å². The summed E-state index contributed by atoms with van der Waals surface area (Å²) in [6, 6.07) is 10.5. The molecule has 5 heteroatoms. The second-order valence-corrected chi connectivity index (χ2v) is 3.79. The summed E-state index contributed by atoms with van der Waals surface area (Å²) >= 11 is 0. The summed E-state index contributed by atoms with van der Waals surface area (Å²) in [5, 5.41) is 21.2. The number of nitriles is 1. The topological polar surface area (TPSA) is 95.0 Å². The molecule has 0 bridgehead atoms. The van der Waals surface area contributed by atoms with E-state index < -0.39 is 0 Å². The number of aromatic nitrogens is 1. The van der Waals surface area contributed by atoms with Crippen LogP contribution >= 0.6 is 0 Å². The molecule has 90 valence electrons. The molecule has 0 atom stereocenters. The number of hydrogen-bond acceptors (Lipinski definition) is 5. The maximum Gasteiger partial charge on any atom is 0.138 e. The molecule has 0 saturated heterocycles. The summed E-state index contributed by atoms with van der Waals surface area (Å²) in [5.41, 5.74) is 7.29. The molecule has 18 heavy (non-hydrogen) atoms. The molecule has 2 rings (SSSR count). The van der Waals surface area contributed by atoms with Gasteiger partial charge in [0.2, 0.25) is 0 Å². The van der Waals surface area contributed by atoms with E-state index in [1.54, 1.807) is 24.3 Å². The maximum atomic E-state index is 9.46. The van der Waals surface area contributed by atoms with Crippen LogP contribution in [0, 0.1) is 11.3 Å². The van der Waals surface area contributed by atoms with E-state index in [1.165, 1.54) is 6.20 Å². The fraction of sp³-hybridized carbons (Fsp3) is 0.0769. The van der Waals surface area contributed by atoms with Crippen LogP contribution in [0.3, 0.4) is 0 Å². The number of benzene rings is 1. The zero-order valence-electron chi connectivity index (χ0n) is 9.59. The highest BCUT2D eigenvalue weighted by Gasteiger charge is 2.00. The molecule has 0 unspecified atom stereocenters. The SMILES string of the molecule is N#Cc1ccc(NCc2ccc(N)c(O)c2)nc1. The van der Waals surface area contributed by atoms with E-state index in [0.717, 1.165) is 5.56 Å². The van der Waals surface area contributed by atoms with Crippen LogP contribution in [-0.2, 0) is 6.54 Å². The second-order valence-electron chi connectivity index (χ2n) is 3.79. The van der Waals surface area contributed by atoms with Gasteiger partial charge in [-0.25, -0.2) is 4.98 Å². The number of aromatic hydroxyl groups is 1. The Morgan fingerprint density at radius 2 is 2.17 bits per heavy atom. The third-order valence-corrected chi connectivity index (χ3v) is 2.46. The number of anilines is 2. The minimum atomic E-state index is 0.0714. The molecule has 0 amide bonds. The van der Waals surface area contributed by atoms with Crippen LogP contribution in [0.5, 0.6) is 5.75 Å². The van der Waals surface area contributed by atoms with Gasteiger partial charge in [-0.15, -0.1) is 0 Å². The minimum Gasteiger partial charge on any atom is -0.506 e. The van der Waals surface area contributed by atoms with E-state index in [9.17, 15) is 5.11 Å². The summed E-state index contributed by atoms with van der Waals surface area (Å²) in [5.74, 6) is 0.743. The highest BCUT2D eigenvalue weighted by molar-refractivity contribution is 5.53. The average Bonchev–Trinajstić information content (AvgIpc) is 2.41. The molecule has 4 N–H and O–H groups in total. The first-order valence-electron chi connectivity index (χ1n) is 5.36. The number of nitrogens with zero attached hydrogens (tertiary/aromatic N) is 2. The Hall–Kier alpha value is -2.74. The van der Waals surface area contributed by atoms with Crippen LogP contribution in [0.25, 0.3) is 0 Å². The Kier molecular flexibility index (Phi) is 3.30. The minimum absolute atomic E-state index is 0.0714. The first-order valence-corrected chi connectivity index (χ1v) is 5.36. The fourth-order valence-corrected chi connectivity index (χ4v) is 1.46. The van der Waals surface area contributed by atoms with Crippen LogP contribution in [-0.4, -0.2) is 10.1 Å². The van der Waals surface area contributed by atoms with E-state index in [1.807, 2.05) is 12.1 Å². The third-order valence-electron chi connectivity index (χ3n) is 2.46. The van der Waals surface area contributed by atoms with E-state index in [2.05, 4.69) is 10.3 Å². The van der Waals surface area contributed by atoms with Crippen molar-refractivity contribution in [2.24, 2.45) is 0 Å². The molecule has 1 aromatic carbocycles. The van der Waals surface area contributed by atoms with Crippen molar-refractivity contribution >= 4 is 11.5 Å². The van der Waals surface area contributed by atoms with Crippen LogP contribution in [0.15, 0.2) is 36.5 Å². The molecule has 0 fully saturated rings. The van der Waals surface area contributed by atoms with Gasteiger partial charge in [-0.2, -0.15) is 5.26 Å². The van der Waals surface area contributed by atoms with Crippen LogP contribution in [0.1, 0.15) is 11.1 Å². The van der Waals surface area contributed by atoms with Crippen LogP contribution in [0.4, 0.5) is 11.5 Å². The molecule has 0 aliphatic rings. The molecular formula is C13H12N4O. The Morgan fingerprint density at radius 1 is 1.33 bits per heavy atom. The molecule has 2 aromatic rings. The summed E-state index contributed by atoms with van der Waals surface area (Å²) < 4.78 is 0. The van der Waals surface area contributed by atoms with E-state index >= 15 is 0 Å². The molecule has 0 saturated carbocycles. The van der Waals surface area contributed by atoms with Crippen molar-refractivity contribution in [1.82, 2.24) is 4.98 Å². The van der Waals surface area contributed by atoms with Crippen molar-refractivity contribution in [1.29, 1.82) is 5.26 Å². The van der Waals surface area contributed by atoms with Gasteiger partial charge < -0.3 is 16.2 Å². The highest BCUT2D eigenvalue weighted by Crippen LogP contribution is 2.21. The third kappa shape index (κ3) is 2.68. The largest absolute Gasteiger partial charge is 0.506 e. The Balaban J connectivity index is 2.02. The van der Waals surface area contributed by atoms with Crippen molar-refractivity contribution in [2.75, 3.05) is 11.1 Å². The molecule has 1 aromatic heterocycles.